The van der Waals surface area contributed by atoms with Crippen molar-refractivity contribution >= 4 is 12.0 Å². The van der Waals surface area contributed by atoms with Crippen molar-refractivity contribution in [3.05, 3.63) is 35.7 Å². The number of carbonyl (C=O) groups is 1. The van der Waals surface area contributed by atoms with Crippen LogP contribution < -0.4 is 10.2 Å². The van der Waals surface area contributed by atoms with Crippen LogP contribution in [0.3, 0.4) is 0 Å². The van der Waals surface area contributed by atoms with Crippen LogP contribution >= 0.6 is 0 Å². The molecule has 1 aromatic heterocycles. The van der Waals surface area contributed by atoms with Crippen molar-refractivity contribution in [3.8, 4) is 11.4 Å². The monoisotopic (exact) mass is 461 g/mol. The van der Waals surface area contributed by atoms with Crippen LogP contribution in [-0.2, 0) is 15.6 Å². The van der Waals surface area contributed by atoms with Crippen LogP contribution in [0.5, 0.6) is 0 Å². The summed E-state index contributed by atoms with van der Waals surface area (Å²) < 4.78 is 5.43. The Balaban J connectivity index is 1.23. The number of fused-ring (bicyclic) bond motifs is 3. The number of ether oxygens (including phenoxy) is 1. The summed E-state index contributed by atoms with van der Waals surface area (Å²) in [6.07, 6.45) is 8.71. The zero-order valence-electron chi connectivity index (χ0n) is 20.6. The number of carbonyl (C=O) groups excluding carboxylic acids is 1. The van der Waals surface area contributed by atoms with Gasteiger partial charge in [-0.2, -0.15) is 9.97 Å². The lowest BCUT2D eigenvalue weighted by Crippen LogP contribution is -2.46. The van der Waals surface area contributed by atoms with Gasteiger partial charge in [0.1, 0.15) is 11.4 Å². The average Bonchev–Trinajstić information content (AvgIpc) is 3.72. The highest BCUT2D eigenvalue weighted by Crippen LogP contribution is 2.58. The van der Waals surface area contributed by atoms with Crippen LogP contribution in [0, 0.1) is 0 Å². The van der Waals surface area contributed by atoms with Gasteiger partial charge in [0.25, 0.3) is 0 Å². The number of hydrogen-bond acceptors (Lipinski definition) is 6. The molecule has 7 nitrogen and oxygen atoms in total. The molecule has 0 radical (unpaired) electrons. The van der Waals surface area contributed by atoms with Crippen LogP contribution in [0.15, 0.2) is 24.3 Å². The van der Waals surface area contributed by atoms with Crippen molar-refractivity contribution in [2.75, 3.05) is 18.0 Å². The third kappa shape index (κ3) is 4.14. The Morgan fingerprint density at radius 3 is 2.18 bits per heavy atom. The Morgan fingerprint density at radius 2 is 1.56 bits per heavy atom. The minimum atomic E-state index is -0.486. The van der Waals surface area contributed by atoms with E-state index in [9.17, 15) is 4.79 Å². The molecule has 1 amide bonds. The number of nitrogens with one attached hydrogen (secondary N) is 1. The highest BCUT2D eigenvalue weighted by Gasteiger charge is 2.52. The summed E-state index contributed by atoms with van der Waals surface area (Å²) in [7, 11) is 0. The van der Waals surface area contributed by atoms with Gasteiger partial charge < -0.3 is 15.0 Å². The first-order chi connectivity index (χ1) is 16.2. The highest BCUT2D eigenvalue weighted by atomic mass is 16.6. The Bertz CT molecular complexity index is 1090. The molecule has 34 heavy (non-hydrogen) atoms. The molecule has 4 heterocycles. The zero-order chi connectivity index (χ0) is 23.6. The maximum atomic E-state index is 12.2. The smallest absolute Gasteiger partial charge is 0.407 e. The first-order valence-electron chi connectivity index (χ1n) is 12.9. The van der Waals surface area contributed by atoms with E-state index in [0.717, 1.165) is 55.5 Å². The zero-order valence-corrected chi connectivity index (χ0v) is 20.6. The third-order valence-corrected chi connectivity index (χ3v) is 8.14. The van der Waals surface area contributed by atoms with E-state index in [2.05, 4.69) is 34.5 Å². The summed E-state index contributed by atoms with van der Waals surface area (Å²) in [6.45, 7) is 7.27. The molecule has 1 saturated heterocycles. The normalized spacial score (nSPS) is 22.4. The minimum absolute atomic E-state index is 0.109. The fourth-order valence-electron chi connectivity index (χ4n) is 5.59. The molecule has 5 aliphatic rings. The molecule has 0 unspecified atom stereocenters. The second-order valence-corrected chi connectivity index (χ2v) is 11.8. The second kappa shape index (κ2) is 7.65. The van der Waals surface area contributed by atoms with E-state index < -0.39 is 5.60 Å². The third-order valence-electron chi connectivity index (χ3n) is 8.14. The number of amides is 1. The lowest BCUT2D eigenvalue weighted by Gasteiger charge is -2.33. The molecule has 1 aromatic carbocycles. The molecule has 4 bridgehead atoms. The van der Waals surface area contributed by atoms with Crippen LogP contribution in [-0.4, -0.2) is 45.8 Å². The summed E-state index contributed by atoms with van der Waals surface area (Å²) in [6, 6.07) is 9.09. The number of aromatic nitrogens is 3. The molecule has 2 aromatic rings. The van der Waals surface area contributed by atoms with Crippen LogP contribution in [0.25, 0.3) is 11.4 Å². The predicted molar refractivity (Wildman–Crippen MR) is 131 cm³/mol. The predicted octanol–water partition coefficient (Wildman–Crippen LogP) is 4.89. The molecular formula is C27H35N5O2. The first-order valence-corrected chi connectivity index (χ1v) is 12.9. The van der Waals surface area contributed by atoms with E-state index in [1.807, 2.05) is 20.8 Å². The van der Waals surface area contributed by atoms with Crippen molar-refractivity contribution in [2.45, 2.75) is 94.6 Å². The topological polar surface area (TPSA) is 80.2 Å². The SMILES string of the molecule is CC(C)(C)OC(=O)NC1CCN(c2nc3nc(n2)C2(CCC4(CC4)c4ccc-3cc4)CC2)CC1. The Hall–Kier alpha value is -2.70. The van der Waals surface area contributed by atoms with Crippen molar-refractivity contribution in [1.29, 1.82) is 0 Å². The molecule has 7 heteroatoms. The number of nitrogens with zero attached hydrogens (tertiary/aromatic N) is 4. The molecule has 3 fully saturated rings. The van der Waals surface area contributed by atoms with E-state index >= 15 is 0 Å². The molecule has 3 aliphatic heterocycles. The van der Waals surface area contributed by atoms with Crippen molar-refractivity contribution in [2.24, 2.45) is 0 Å². The summed E-state index contributed by atoms with van der Waals surface area (Å²) >= 11 is 0. The van der Waals surface area contributed by atoms with Crippen molar-refractivity contribution in [1.82, 2.24) is 20.3 Å². The van der Waals surface area contributed by atoms with Crippen LogP contribution in [0.4, 0.5) is 10.7 Å². The second-order valence-electron chi connectivity index (χ2n) is 11.8. The van der Waals surface area contributed by atoms with E-state index in [1.54, 1.807) is 0 Å². The lowest BCUT2D eigenvalue weighted by molar-refractivity contribution is 0.0497. The Labute approximate surface area is 201 Å². The maximum absolute atomic E-state index is 12.2. The first kappa shape index (κ1) is 21.8. The van der Waals surface area contributed by atoms with Gasteiger partial charge >= 0.3 is 6.09 Å². The van der Waals surface area contributed by atoms with Gasteiger partial charge in [-0.1, -0.05) is 24.3 Å². The van der Waals surface area contributed by atoms with E-state index in [-0.39, 0.29) is 17.6 Å². The maximum Gasteiger partial charge on any atom is 0.407 e. The molecule has 0 atom stereocenters. The summed E-state index contributed by atoms with van der Waals surface area (Å²) in [5.41, 5.74) is 2.58. The van der Waals surface area contributed by atoms with Gasteiger partial charge in [-0.15, -0.1) is 0 Å². The van der Waals surface area contributed by atoms with Crippen molar-refractivity contribution in [3.63, 3.8) is 0 Å². The highest BCUT2D eigenvalue weighted by molar-refractivity contribution is 5.68. The average molecular weight is 462 g/mol. The van der Waals surface area contributed by atoms with Gasteiger partial charge in [0.15, 0.2) is 5.82 Å². The molecular weight excluding hydrogens is 426 g/mol. The standard InChI is InChI=1S/C27H35N5O2/c1-25(2,3)34-24(33)28-20-8-16-32(17-9-20)23-30-21-18-4-6-19(7-5-18)26(10-11-26)12-13-27(14-15-27)22(29-21)31-23/h4-7,20H,8-17H2,1-3H3,(H,28,33). The van der Waals surface area contributed by atoms with E-state index in [4.69, 9.17) is 19.7 Å². The molecule has 2 aliphatic carbocycles. The quantitative estimate of drug-likeness (QED) is 0.686. The summed E-state index contributed by atoms with van der Waals surface area (Å²) in [4.78, 5) is 29.4. The number of piperidine rings is 1. The number of benzene rings is 1. The van der Waals surface area contributed by atoms with Crippen LogP contribution in [0.2, 0.25) is 0 Å². The molecule has 7 rings (SSSR count). The summed E-state index contributed by atoms with van der Waals surface area (Å²) in [5.74, 6) is 2.56. The van der Waals surface area contributed by atoms with Gasteiger partial charge in [-0.25, -0.2) is 9.78 Å². The van der Waals surface area contributed by atoms with Gasteiger partial charge in [-0.05, 0) is 83.1 Å². The van der Waals surface area contributed by atoms with Crippen molar-refractivity contribution < 1.29 is 9.53 Å². The Kier molecular flexibility index (Phi) is 4.91. The molecule has 1 N–H and O–H groups in total. The minimum Gasteiger partial charge on any atom is -0.444 e. The lowest BCUT2D eigenvalue weighted by atomic mass is 9.86. The van der Waals surface area contributed by atoms with E-state index in [0.29, 0.717) is 5.41 Å². The molecule has 180 valence electrons. The summed E-state index contributed by atoms with van der Waals surface area (Å²) in [5, 5.41) is 3.03. The van der Waals surface area contributed by atoms with Gasteiger partial charge in [0.05, 0.1) is 0 Å². The number of rotatable bonds is 2. The fourth-order valence-corrected chi connectivity index (χ4v) is 5.59. The number of anilines is 1. The fraction of sp³-hybridized carbons (Fsp3) is 0.630. The van der Waals surface area contributed by atoms with Gasteiger partial charge in [-0.3, -0.25) is 0 Å². The largest absolute Gasteiger partial charge is 0.444 e. The number of alkyl carbamates (subject to hydrolysis) is 1. The van der Waals surface area contributed by atoms with Crippen LogP contribution in [0.1, 0.15) is 83.5 Å². The number of hydrogen-bond donors (Lipinski definition) is 1. The van der Waals surface area contributed by atoms with Gasteiger partial charge in [0, 0.05) is 30.1 Å². The molecule has 2 spiro atoms. The molecule has 2 saturated carbocycles. The Morgan fingerprint density at radius 1 is 0.941 bits per heavy atom. The van der Waals surface area contributed by atoms with E-state index in [1.165, 1.54) is 37.7 Å². The van der Waals surface area contributed by atoms with Gasteiger partial charge in [0.2, 0.25) is 5.95 Å².